The third-order valence-electron chi connectivity index (χ3n) is 3.91. The Hall–Kier alpha value is -1.39. The lowest BCUT2D eigenvalue weighted by Crippen LogP contribution is -2.45. The van der Waals surface area contributed by atoms with Gasteiger partial charge in [-0.3, -0.25) is 4.79 Å². The number of carbonyl (C=O) groups excluding carboxylic acids is 1. The molecule has 1 fully saturated rings. The summed E-state index contributed by atoms with van der Waals surface area (Å²) in [5.41, 5.74) is 2.02. The van der Waals surface area contributed by atoms with Crippen molar-refractivity contribution in [2.24, 2.45) is 0 Å². The molecule has 0 spiro atoms. The molecule has 4 heteroatoms. The number of amides is 1. The molecule has 0 aliphatic heterocycles. The lowest BCUT2D eigenvalue weighted by atomic mass is 10.1. The van der Waals surface area contributed by atoms with Crippen LogP contribution in [0.15, 0.2) is 24.3 Å². The van der Waals surface area contributed by atoms with Crippen LogP contribution in [0, 0.1) is 0 Å². The van der Waals surface area contributed by atoms with Gasteiger partial charge in [-0.1, -0.05) is 37.1 Å². The number of aliphatic hydroxyl groups excluding tert-OH is 1. The van der Waals surface area contributed by atoms with Crippen LogP contribution in [0.1, 0.15) is 43.7 Å². The highest BCUT2D eigenvalue weighted by molar-refractivity contribution is 5.81. The minimum atomic E-state index is -0.187. The van der Waals surface area contributed by atoms with Gasteiger partial charge in [-0.15, -0.1) is 0 Å². The number of hydrogen-bond acceptors (Lipinski definition) is 3. The highest BCUT2D eigenvalue weighted by atomic mass is 16.3. The number of carbonyl (C=O) groups is 1. The van der Waals surface area contributed by atoms with Gasteiger partial charge < -0.3 is 15.7 Å². The first-order valence-electron chi connectivity index (χ1n) is 7.41. The Kier molecular flexibility index (Phi) is 5.56. The molecule has 110 valence electrons. The molecule has 1 aliphatic rings. The molecular weight excluding hydrogens is 252 g/mol. The van der Waals surface area contributed by atoms with Crippen LogP contribution in [-0.4, -0.2) is 23.1 Å². The van der Waals surface area contributed by atoms with E-state index in [4.69, 9.17) is 5.11 Å². The second-order valence-corrected chi connectivity index (χ2v) is 5.57. The average molecular weight is 276 g/mol. The Morgan fingerprint density at radius 3 is 2.45 bits per heavy atom. The molecule has 20 heavy (non-hydrogen) atoms. The number of rotatable bonds is 6. The van der Waals surface area contributed by atoms with E-state index >= 15 is 0 Å². The van der Waals surface area contributed by atoms with Gasteiger partial charge in [-0.05, 0) is 30.9 Å². The zero-order valence-electron chi connectivity index (χ0n) is 12.1. The van der Waals surface area contributed by atoms with Crippen LogP contribution in [-0.2, 0) is 17.9 Å². The molecule has 1 atom stereocenters. The molecule has 1 saturated carbocycles. The summed E-state index contributed by atoms with van der Waals surface area (Å²) in [6.45, 7) is 2.62. The Balaban J connectivity index is 1.75. The second-order valence-electron chi connectivity index (χ2n) is 5.57. The minimum absolute atomic E-state index is 0.0634. The monoisotopic (exact) mass is 276 g/mol. The van der Waals surface area contributed by atoms with Crippen LogP contribution < -0.4 is 10.6 Å². The van der Waals surface area contributed by atoms with Gasteiger partial charge in [0.1, 0.15) is 0 Å². The molecular formula is C16H24N2O2. The molecule has 1 unspecified atom stereocenters. The van der Waals surface area contributed by atoms with Crippen LogP contribution in [0.4, 0.5) is 0 Å². The van der Waals surface area contributed by atoms with E-state index in [9.17, 15) is 4.79 Å². The summed E-state index contributed by atoms with van der Waals surface area (Å²) in [5, 5.41) is 15.3. The molecule has 1 amide bonds. The lowest BCUT2D eigenvalue weighted by molar-refractivity contribution is -0.123. The van der Waals surface area contributed by atoms with Crippen molar-refractivity contribution in [3.05, 3.63) is 35.4 Å². The van der Waals surface area contributed by atoms with Gasteiger partial charge in [0, 0.05) is 12.6 Å². The van der Waals surface area contributed by atoms with Crippen molar-refractivity contribution in [1.82, 2.24) is 10.6 Å². The molecule has 0 aromatic heterocycles. The van der Waals surface area contributed by atoms with Crippen molar-refractivity contribution < 1.29 is 9.90 Å². The largest absolute Gasteiger partial charge is 0.392 e. The molecule has 3 N–H and O–H groups in total. The van der Waals surface area contributed by atoms with Crippen LogP contribution in [0.2, 0.25) is 0 Å². The Morgan fingerprint density at radius 1 is 1.25 bits per heavy atom. The maximum Gasteiger partial charge on any atom is 0.237 e. The SMILES string of the molecule is CC(NCc1ccc(CO)cc1)C(=O)NC1CCCC1. The molecule has 0 radical (unpaired) electrons. The van der Waals surface area contributed by atoms with E-state index in [0.717, 1.165) is 24.0 Å². The first kappa shape index (κ1) is 15.0. The molecule has 1 aliphatic carbocycles. The van der Waals surface area contributed by atoms with Crippen molar-refractivity contribution in [2.75, 3.05) is 0 Å². The van der Waals surface area contributed by atoms with E-state index in [1.165, 1.54) is 12.8 Å². The van der Waals surface area contributed by atoms with E-state index < -0.39 is 0 Å². The fourth-order valence-electron chi connectivity index (χ4n) is 2.52. The normalized spacial score (nSPS) is 17.1. The van der Waals surface area contributed by atoms with Gasteiger partial charge in [-0.2, -0.15) is 0 Å². The summed E-state index contributed by atoms with van der Waals surface area (Å²) < 4.78 is 0. The molecule has 0 heterocycles. The highest BCUT2D eigenvalue weighted by Crippen LogP contribution is 2.17. The predicted molar refractivity (Wildman–Crippen MR) is 79.1 cm³/mol. The van der Waals surface area contributed by atoms with Crippen molar-refractivity contribution in [3.8, 4) is 0 Å². The van der Waals surface area contributed by atoms with Crippen molar-refractivity contribution >= 4 is 5.91 Å². The molecule has 0 saturated heterocycles. The van der Waals surface area contributed by atoms with Crippen molar-refractivity contribution in [2.45, 2.75) is 57.8 Å². The van der Waals surface area contributed by atoms with Crippen LogP contribution >= 0.6 is 0 Å². The van der Waals surface area contributed by atoms with Gasteiger partial charge in [-0.25, -0.2) is 0 Å². The minimum Gasteiger partial charge on any atom is -0.392 e. The maximum atomic E-state index is 12.0. The van der Waals surface area contributed by atoms with Gasteiger partial charge >= 0.3 is 0 Å². The third kappa shape index (κ3) is 4.32. The fraction of sp³-hybridized carbons (Fsp3) is 0.562. The molecule has 1 aromatic carbocycles. The lowest BCUT2D eigenvalue weighted by Gasteiger charge is -2.17. The standard InChI is InChI=1S/C16H24N2O2/c1-12(16(20)18-15-4-2-3-5-15)17-10-13-6-8-14(11-19)9-7-13/h6-9,12,15,17,19H,2-5,10-11H2,1H3,(H,18,20). The quantitative estimate of drug-likeness (QED) is 0.741. The second kappa shape index (κ2) is 7.41. The zero-order chi connectivity index (χ0) is 14.4. The summed E-state index contributed by atoms with van der Waals surface area (Å²) in [5.74, 6) is 0.0869. The van der Waals surface area contributed by atoms with Crippen LogP contribution in [0.25, 0.3) is 0 Å². The third-order valence-corrected chi connectivity index (χ3v) is 3.91. The number of benzene rings is 1. The predicted octanol–water partition coefficient (Wildman–Crippen LogP) is 1.72. The molecule has 2 rings (SSSR count). The van der Waals surface area contributed by atoms with Crippen LogP contribution in [0.5, 0.6) is 0 Å². The smallest absolute Gasteiger partial charge is 0.237 e. The van der Waals surface area contributed by atoms with E-state index in [1.807, 2.05) is 31.2 Å². The highest BCUT2D eigenvalue weighted by Gasteiger charge is 2.20. The topological polar surface area (TPSA) is 61.4 Å². The summed E-state index contributed by atoms with van der Waals surface area (Å²) in [7, 11) is 0. The van der Waals surface area contributed by atoms with E-state index in [-0.39, 0.29) is 18.6 Å². The van der Waals surface area contributed by atoms with Crippen molar-refractivity contribution in [3.63, 3.8) is 0 Å². The van der Waals surface area contributed by atoms with Crippen LogP contribution in [0.3, 0.4) is 0 Å². The van der Waals surface area contributed by atoms with E-state index in [0.29, 0.717) is 12.6 Å². The Bertz CT molecular complexity index is 425. The van der Waals surface area contributed by atoms with Gasteiger partial charge in [0.15, 0.2) is 0 Å². The summed E-state index contributed by atoms with van der Waals surface area (Å²) in [6, 6.07) is 7.93. The average Bonchev–Trinajstić information content (AvgIpc) is 2.98. The Morgan fingerprint density at radius 2 is 1.85 bits per heavy atom. The number of nitrogens with one attached hydrogen (secondary N) is 2. The summed E-state index contributed by atoms with van der Waals surface area (Å²) in [6.07, 6.45) is 4.68. The molecule has 0 bridgehead atoms. The zero-order valence-corrected chi connectivity index (χ0v) is 12.1. The number of hydrogen-bond donors (Lipinski definition) is 3. The Labute approximate surface area is 120 Å². The first-order chi connectivity index (χ1) is 9.69. The van der Waals surface area contributed by atoms with E-state index in [1.54, 1.807) is 0 Å². The van der Waals surface area contributed by atoms with E-state index in [2.05, 4.69) is 10.6 Å². The first-order valence-corrected chi connectivity index (χ1v) is 7.41. The van der Waals surface area contributed by atoms with Crippen molar-refractivity contribution in [1.29, 1.82) is 0 Å². The van der Waals surface area contributed by atoms with Gasteiger partial charge in [0.25, 0.3) is 0 Å². The summed E-state index contributed by atoms with van der Waals surface area (Å²) >= 11 is 0. The molecule has 4 nitrogen and oxygen atoms in total. The maximum absolute atomic E-state index is 12.0. The fourth-order valence-corrected chi connectivity index (χ4v) is 2.52. The van der Waals surface area contributed by atoms with Gasteiger partial charge in [0.05, 0.1) is 12.6 Å². The molecule has 1 aromatic rings. The van der Waals surface area contributed by atoms with Gasteiger partial charge in [0.2, 0.25) is 5.91 Å². The number of aliphatic hydroxyl groups is 1. The summed E-state index contributed by atoms with van der Waals surface area (Å²) in [4.78, 5) is 12.0.